The molecule has 0 bridgehead atoms. The number of halogens is 2. The Labute approximate surface area is 236 Å². The van der Waals surface area contributed by atoms with Crippen molar-refractivity contribution in [2.24, 2.45) is 5.41 Å². The van der Waals surface area contributed by atoms with Crippen molar-refractivity contribution in [3.8, 4) is 11.3 Å². The topological polar surface area (TPSA) is 115 Å². The molecule has 1 amide bonds. The molecule has 1 aromatic carbocycles. The molecule has 1 aliphatic carbocycles. The van der Waals surface area contributed by atoms with E-state index >= 15 is 4.39 Å². The zero-order chi connectivity index (χ0) is 28.2. The molecule has 2 aromatic heterocycles. The van der Waals surface area contributed by atoms with Crippen molar-refractivity contribution in [3.63, 3.8) is 0 Å². The van der Waals surface area contributed by atoms with E-state index in [9.17, 15) is 9.90 Å². The van der Waals surface area contributed by atoms with Crippen LogP contribution in [0.3, 0.4) is 0 Å². The molecular formula is C28H34ClFN6O4. The van der Waals surface area contributed by atoms with E-state index in [2.05, 4.69) is 15.3 Å². The standard InChI is InChI=1S/C28H34ClFN6O4/c1-15(2)36-21-9-17(8-19(30)24(21)33-25(36)16-5-7-35(12-16)27(38)39-3)23-18(29)11-31-26(34-23)32-20-4-6-28(10-22(20)37)13-40-14-28/h8-9,11,15-16,20,22,37H,4-7,10,12-14H2,1-3H3,(H,31,32,34)/t16-,20+,22+/m1/s1. The second-order valence-electron chi connectivity index (χ2n) is 11.6. The molecule has 3 aromatic rings. The molecule has 10 nitrogen and oxygen atoms in total. The highest BCUT2D eigenvalue weighted by Gasteiger charge is 2.45. The zero-order valence-corrected chi connectivity index (χ0v) is 23.6. The SMILES string of the molecule is COC(=O)N1CC[C@@H](c2nc3c(F)cc(-c4nc(N[C@H]5CCC6(COC6)C[C@@H]5O)ncc4Cl)cc3n2C(C)C)C1. The minimum Gasteiger partial charge on any atom is -0.453 e. The van der Waals surface area contributed by atoms with Crippen molar-refractivity contribution < 1.29 is 23.8 Å². The molecule has 3 atom stereocenters. The predicted molar refractivity (Wildman–Crippen MR) is 148 cm³/mol. The summed E-state index contributed by atoms with van der Waals surface area (Å²) < 4.78 is 27.9. The number of carbonyl (C=O) groups is 1. The first-order valence-corrected chi connectivity index (χ1v) is 14.2. The van der Waals surface area contributed by atoms with Crippen LogP contribution in [0.25, 0.3) is 22.3 Å². The number of hydrogen-bond acceptors (Lipinski definition) is 8. The van der Waals surface area contributed by atoms with Gasteiger partial charge in [-0.3, -0.25) is 0 Å². The van der Waals surface area contributed by atoms with Crippen LogP contribution in [0, 0.1) is 11.2 Å². The third-order valence-corrected chi connectivity index (χ3v) is 8.80. The first-order chi connectivity index (χ1) is 19.2. The Balaban J connectivity index is 1.31. The first kappa shape index (κ1) is 27.2. The minimum absolute atomic E-state index is 0.00271. The highest BCUT2D eigenvalue weighted by atomic mass is 35.5. The highest BCUT2D eigenvalue weighted by molar-refractivity contribution is 6.33. The van der Waals surface area contributed by atoms with Gasteiger partial charge in [-0.05, 0) is 51.7 Å². The van der Waals surface area contributed by atoms with E-state index in [0.717, 1.165) is 18.7 Å². The lowest BCUT2D eigenvalue weighted by atomic mass is 9.70. The monoisotopic (exact) mass is 572 g/mol. The summed E-state index contributed by atoms with van der Waals surface area (Å²) >= 11 is 6.53. The van der Waals surface area contributed by atoms with Gasteiger partial charge >= 0.3 is 6.09 Å². The molecule has 3 aliphatic rings. The molecule has 12 heteroatoms. The zero-order valence-electron chi connectivity index (χ0n) is 22.9. The van der Waals surface area contributed by atoms with Gasteiger partial charge in [-0.15, -0.1) is 0 Å². The lowest BCUT2D eigenvalue weighted by Crippen LogP contribution is -2.52. The summed E-state index contributed by atoms with van der Waals surface area (Å²) in [5.74, 6) is 0.555. The Morgan fingerprint density at radius 1 is 1.30 bits per heavy atom. The van der Waals surface area contributed by atoms with E-state index in [4.69, 9.17) is 26.1 Å². The van der Waals surface area contributed by atoms with Crippen molar-refractivity contribution in [1.29, 1.82) is 0 Å². The van der Waals surface area contributed by atoms with Crippen LogP contribution in [0.4, 0.5) is 15.1 Å². The number of benzene rings is 1. The van der Waals surface area contributed by atoms with Gasteiger partial charge in [-0.25, -0.2) is 24.1 Å². The van der Waals surface area contributed by atoms with Gasteiger partial charge in [0.05, 0.1) is 54.9 Å². The molecule has 40 heavy (non-hydrogen) atoms. The summed E-state index contributed by atoms with van der Waals surface area (Å²) in [6, 6.07) is 3.06. The number of hydrogen-bond donors (Lipinski definition) is 2. The summed E-state index contributed by atoms with van der Waals surface area (Å²) in [7, 11) is 1.37. The Hall–Kier alpha value is -3.02. The summed E-state index contributed by atoms with van der Waals surface area (Å²) in [4.78, 5) is 27.4. The average molecular weight is 573 g/mol. The van der Waals surface area contributed by atoms with Gasteiger partial charge in [-0.2, -0.15) is 0 Å². The third-order valence-electron chi connectivity index (χ3n) is 8.52. The highest BCUT2D eigenvalue weighted by Crippen LogP contribution is 2.43. The number of likely N-dealkylation sites (tertiary alicyclic amines) is 1. The first-order valence-electron chi connectivity index (χ1n) is 13.8. The van der Waals surface area contributed by atoms with Crippen LogP contribution >= 0.6 is 11.6 Å². The number of anilines is 1. The Kier molecular flexibility index (Phi) is 7.08. The lowest BCUT2D eigenvalue weighted by Gasteiger charge is -2.48. The molecule has 2 N–H and O–H groups in total. The van der Waals surface area contributed by atoms with Crippen LogP contribution in [0.15, 0.2) is 18.3 Å². The summed E-state index contributed by atoms with van der Waals surface area (Å²) in [6.07, 6.45) is 3.71. The summed E-state index contributed by atoms with van der Waals surface area (Å²) in [5.41, 5.74) is 1.89. The van der Waals surface area contributed by atoms with Crippen LogP contribution in [-0.4, -0.2) is 81.2 Å². The van der Waals surface area contributed by atoms with Crippen molar-refractivity contribution in [2.45, 2.75) is 63.6 Å². The molecule has 214 valence electrons. The summed E-state index contributed by atoms with van der Waals surface area (Å²) in [6.45, 7) is 6.47. The quantitative estimate of drug-likeness (QED) is 0.449. The maximum Gasteiger partial charge on any atom is 0.409 e. The fourth-order valence-corrected chi connectivity index (χ4v) is 6.57. The number of methoxy groups -OCH3 is 1. The molecular weight excluding hydrogens is 539 g/mol. The van der Waals surface area contributed by atoms with Gasteiger partial charge in [0.25, 0.3) is 0 Å². The Bertz CT molecular complexity index is 1440. The van der Waals surface area contributed by atoms with Gasteiger partial charge in [0.15, 0.2) is 5.82 Å². The predicted octanol–water partition coefficient (Wildman–Crippen LogP) is 4.76. The lowest BCUT2D eigenvalue weighted by molar-refractivity contribution is -0.151. The van der Waals surface area contributed by atoms with Crippen LogP contribution in [0.1, 0.15) is 57.3 Å². The fraction of sp³-hybridized carbons (Fsp3) is 0.571. The normalized spacial score (nSPS) is 24.1. The molecule has 0 unspecified atom stereocenters. The number of rotatable bonds is 5. The van der Waals surface area contributed by atoms with Crippen LogP contribution in [-0.2, 0) is 9.47 Å². The van der Waals surface area contributed by atoms with Gasteiger partial charge in [0.2, 0.25) is 5.95 Å². The van der Waals surface area contributed by atoms with E-state index in [1.165, 1.54) is 19.4 Å². The number of amides is 1. The van der Waals surface area contributed by atoms with Crippen LogP contribution in [0.5, 0.6) is 0 Å². The maximum absolute atomic E-state index is 15.6. The smallest absolute Gasteiger partial charge is 0.409 e. The third kappa shape index (κ3) is 4.77. The van der Waals surface area contributed by atoms with E-state index in [0.29, 0.717) is 66.9 Å². The van der Waals surface area contributed by atoms with Crippen molar-refractivity contribution >= 4 is 34.7 Å². The van der Waals surface area contributed by atoms with Crippen molar-refractivity contribution in [3.05, 3.63) is 35.0 Å². The van der Waals surface area contributed by atoms with Crippen LogP contribution in [0.2, 0.25) is 5.02 Å². The molecule has 4 heterocycles. The number of fused-ring (bicyclic) bond motifs is 1. The van der Waals surface area contributed by atoms with Crippen molar-refractivity contribution in [1.82, 2.24) is 24.4 Å². The van der Waals surface area contributed by atoms with Crippen LogP contribution < -0.4 is 5.32 Å². The molecule has 2 saturated heterocycles. The molecule has 1 saturated carbocycles. The Morgan fingerprint density at radius 2 is 2.10 bits per heavy atom. The Morgan fingerprint density at radius 3 is 2.77 bits per heavy atom. The summed E-state index contributed by atoms with van der Waals surface area (Å²) in [5, 5.41) is 14.3. The van der Waals surface area contributed by atoms with Crippen molar-refractivity contribution in [2.75, 3.05) is 38.7 Å². The number of aliphatic hydroxyl groups excluding tert-OH is 1. The second kappa shape index (κ2) is 10.4. The van der Waals surface area contributed by atoms with E-state index in [1.54, 1.807) is 4.90 Å². The van der Waals surface area contributed by atoms with Gasteiger partial charge < -0.3 is 29.4 Å². The van der Waals surface area contributed by atoms with Gasteiger partial charge in [0.1, 0.15) is 11.3 Å². The molecule has 0 radical (unpaired) electrons. The maximum atomic E-state index is 15.6. The molecule has 3 fully saturated rings. The van der Waals surface area contributed by atoms with E-state index in [1.807, 2.05) is 24.5 Å². The average Bonchev–Trinajstić information content (AvgIpc) is 3.55. The number of aliphatic hydroxyl groups is 1. The fourth-order valence-electron chi connectivity index (χ4n) is 6.37. The molecule has 6 rings (SSSR count). The number of aromatic nitrogens is 4. The van der Waals surface area contributed by atoms with Gasteiger partial charge in [-0.1, -0.05) is 11.6 Å². The second-order valence-corrected chi connectivity index (χ2v) is 12.0. The van der Waals surface area contributed by atoms with Gasteiger partial charge in [0, 0.05) is 36.0 Å². The largest absolute Gasteiger partial charge is 0.453 e. The number of imidazole rings is 1. The number of ether oxygens (including phenoxy) is 2. The number of nitrogens with zero attached hydrogens (tertiary/aromatic N) is 5. The molecule has 2 aliphatic heterocycles. The minimum atomic E-state index is -0.543. The van der Waals surface area contributed by atoms with E-state index < -0.39 is 11.9 Å². The number of carbonyl (C=O) groups excluding carboxylic acids is 1. The molecule has 1 spiro atoms. The number of nitrogens with one attached hydrogen (secondary N) is 1. The van der Waals surface area contributed by atoms with E-state index in [-0.39, 0.29) is 35.0 Å².